The minimum Gasteiger partial charge on any atom is -0.396 e. The summed E-state index contributed by atoms with van der Waals surface area (Å²) >= 11 is 0. The number of anilines is 1. The molecule has 1 aromatic heterocycles. The molecule has 6 nitrogen and oxygen atoms in total. The van der Waals surface area contributed by atoms with E-state index < -0.39 is 5.54 Å². The maximum Gasteiger partial charge on any atom is 0.320 e. The van der Waals surface area contributed by atoms with Gasteiger partial charge in [0, 0.05) is 18.2 Å². The highest BCUT2D eigenvalue weighted by molar-refractivity contribution is 5.88. The average molecular weight is 294 g/mol. The first-order valence-corrected chi connectivity index (χ1v) is 7.75. The average Bonchev–Trinajstić information content (AvgIpc) is 2.86. The SMILES string of the molecule is CC(C)(CCO)NC(=O)Nc1ccnn1C1CCCCC1. The smallest absolute Gasteiger partial charge is 0.320 e. The summed E-state index contributed by atoms with van der Waals surface area (Å²) in [5.41, 5.74) is -0.436. The zero-order chi connectivity index (χ0) is 15.3. The van der Waals surface area contributed by atoms with Gasteiger partial charge in [0.15, 0.2) is 0 Å². The van der Waals surface area contributed by atoms with Gasteiger partial charge in [0.05, 0.1) is 12.2 Å². The normalized spacial score (nSPS) is 16.7. The molecule has 2 rings (SSSR count). The Morgan fingerprint density at radius 2 is 2.14 bits per heavy atom. The van der Waals surface area contributed by atoms with Crippen molar-refractivity contribution in [1.29, 1.82) is 0 Å². The lowest BCUT2D eigenvalue weighted by Gasteiger charge is -2.27. The van der Waals surface area contributed by atoms with Crippen LogP contribution in [0.4, 0.5) is 10.6 Å². The molecule has 1 aliphatic rings. The fraction of sp³-hybridized carbons (Fsp3) is 0.733. The summed E-state index contributed by atoms with van der Waals surface area (Å²) in [6.07, 6.45) is 8.21. The predicted octanol–water partition coefficient (Wildman–Crippen LogP) is 2.67. The molecule has 21 heavy (non-hydrogen) atoms. The topological polar surface area (TPSA) is 79.2 Å². The molecule has 1 heterocycles. The van der Waals surface area contributed by atoms with Gasteiger partial charge < -0.3 is 10.4 Å². The summed E-state index contributed by atoms with van der Waals surface area (Å²) in [5.74, 6) is 0.735. The lowest BCUT2D eigenvalue weighted by molar-refractivity contribution is 0.218. The number of carbonyl (C=O) groups is 1. The number of aromatic nitrogens is 2. The molecule has 1 aromatic rings. The van der Waals surface area contributed by atoms with Crippen LogP contribution < -0.4 is 10.6 Å². The van der Waals surface area contributed by atoms with Gasteiger partial charge in [-0.15, -0.1) is 0 Å². The summed E-state index contributed by atoms with van der Waals surface area (Å²) in [6.45, 7) is 3.83. The van der Waals surface area contributed by atoms with Crippen LogP contribution in [0.3, 0.4) is 0 Å². The second kappa shape index (κ2) is 6.93. The molecule has 0 saturated heterocycles. The molecule has 1 aliphatic carbocycles. The minimum atomic E-state index is -0.436. The van der Waals surface area contributed by atoms with Crippen molar-refractivity contribution in [3.05, 3.63) is 12.3 Å². The molecule has 1 saturated carbocycles. The van der Waals surface area contributed by atoms with Crippen LogP contribution in [-0.2, 0) is 0 Å². The highest BCUT2D eigenvalue weighted by atomic mass is 16.3. The Hall–Kier alpha value is -1.56. The number of carbonyl (C=O) groups excluding carboxylic acids is 1. The number of hydrogen-bond donors (Lipinski definition) is 3. The second-order valence-electron chi connectivity index (χ2n) is 6.39. The molecule has 1 fully saturated rings. The number of amides is 2. The van der Waals surface area contributed by atoms with Gasteiger partial charge in [0.1, 0.15) is 5.82 Å². The van der Waals surface area contributed by atoms with Crippen LogP contribution in [0.25, 0.3) is 0 Å². The third-order valence-electron chi connectivity index (χ3n) is 4.02. The molecular weight excluding hydrogens is 268 g/mol. The van der Waals surface area contributed by atoms with Gasteiger partial charge in [-0.25, -0.2) is 9.48 Å². The van der Waals surface area contributed by atoms with Gasteiger partial charge in [0.2, 0.25) is 0 Å². The fourth-order valence-corrected chi connectivity index (χ4v) is 2.83. The van der Waals surface area contributed by atoms with Crippen LogP contribution >= 0.6 is 0 Å². The maximum absolute atomic E-state index is 12.1. The van der Waals surface area contributed by atoms with Crippen LogP contribution in [0.1, 0.15) is 58.4 Å². The van der Waals surface area contributed by atoms with Gasteiger partial charge in [0.25, 0.3) is 0 Å². The van der Waals surface area contributed by atoms with E-state index in [1.54, 1.807) is 6.20 Å². The highest BCUT2D eigenvalue weighted by Gasteiger charge is 2.22. The predicted molar refractivity (Wildman–Crippen MR) is 82.3 cm³/mol. The van der Waals surface area contributed by atoms with Crippen molar-refractivity contribution >= 4 is 11.8 Å². The molecule has 0 atom stereocenters. The maximum atomic E-state index is 12.1. The second-order valence-corrected chi connectivity index (χ2v) is 6.39. The number of rotatable bonds is 5. The first kappa shape index (κ1) is 15.8. The van der Waals surface area contributed by atoms with Gasteiger partial charge >= 0.3 is 6.03 Å². The van der Waals surface area contributed by atoms with Crippen LogP contribution in [0.15, 0.2) is 12.3 Å². The zero-order valence-electron chi connectivity index (χ0n) is 12.9. The lowest BCUT2D eigenvalue weighted by atomic mass is 9.96. The number of aliphatic hydroxyl groups is 1. The quantitative estimate of drug-likeness (QED) is 0.781. The molecule has 6 heteroatoms. The van der Waals surface area contributed by atoms with E-state index in [4.69, 9.17) is 5.11 Å². The van der Waals surface area contributed by atoms with Gasteiger partial charge in [-0.2, -0.15) is 5.10 Å². The van der Waals surface area contributed by atoms with E-state index in [9.17, 15) is 4.79 Å². The van der Waals surface area contributed by atoms with Crippen LogP contribution in [-0.4, -0.2) is 33.1 Å². The van der Waals surface area contributed by atoms with Gasteiger partial charge in [-0.3, -0.25) is 5.32 Å². The van der Waals surface area contributed by atoms with Crippen molar-refractivity contribution in [1.82, 2.24) is 15.1 Å². The van der Waals surface area contributed by atoms with E-state index in [1.807, 2.05) is 24.6 Å². The molecule has 0 aliphatic heterocycles. The summed E-state index contributed by atoms with van der Waals surface area (Å²) in [4.78, 5) is 12.1. The zero-order valence-corrected chi connectivity index (χ0v) is 12.9. The molecule has 118 valence electrons. The number of nitrogens with zero attached hydrogens (tertiary/aromatic N) is 2. The lowest BCUT2D eigenvalue weighted by Crippen LogP contribution is -2.46. The van der Waals surface area contributed by atoms with E-state index in [-0.39, 0.29) is 12.6 Å². The Morgan fingerprint density at radius 3 is 2.81 bits per heavy atom. The Kier molecular flexibility index (Phi) is 5.22. The van der Waals surface area contributed by atoms with Crippen molar-refractivity contribution in [2.45, 2.75) is 64.0 Å². The van der Waals surface area contributed by atoms with Crippen LogP contribution in [0, 0.1) is 0 Å². The minimum absolute atomic E-state index is 0.0489. The van der Waals surface area contributed by atoms with Crippen molar-refractivity contribution in [3.63, 3.8) is 0 Å². The standard InChI is InChI=1S/C15H26N4O2/c1-15(2,9-11-20)18-14(21)17-13-8-10-16-19(13)12-6-4-3-5-7-12/h8,10,12,20H,3-7,9,11H2,1-2H3,(H2,17,18,21). The van der Waals surface area contributed by atoms with Crippen molar-refractivity contribution in [3.8, 4) is 0 Å². The highest BCUT2D eigenvalue weighted by Crippen LogP contribution is 2.29. The van der Waals surface area contributed by atoms with E-state index in [1.165, 1.54) is 19.3 Å². The number of hydrogen-bond acceptors (Lipinski definition) is 3. The molecule has 0 spiro atoms. The molecule has 0 bridgehead atoms. The first-order chi connectivity index (χ1) is 10.0. The van der Waals surface area contributed by atoms with Crippen molar-refractivity contribution in [2.75, 3.05) is 11.9 Å². The molecule has 3 N–H and O–H groups in total. The molecule has 0 aromatic carbocycles. The largest absolute Gasteiger partial charge is 0.396 e. The van der Waals surface area contributed by atoms with E-state index in [0.29, 0.717) is 12.5 Å². The molecule has 0 radical (unpaired) electrons. The monoisotopic (exact) mass is 294 g/mol. The van der Waals surface area contributed by atoms with Crippen LogP contribution in [0.5, 0.6) is 0 Å². The molecular formula is C15H26N4O2. The van der Waals surface area contributed by atoms with Crippen molar-refractivity contribution < 1.29 is 9.90 Å². The Balaban J connectivity index is 1.96. The number of urea groups is 1. The van der Waals surface area contributed by atoms with E-state index in [2.05, 4.69) is 15.7 Å². The third-order valence-corrected chi connectivity index (χ3v) is 4.02. The van der Waals surface area contributed by atoms with Gasteiger partial charge in [-0.05, 0) is 33.1 Å². The van der Waals surface area contributed by atoms with Crippen molar-refractivity contribution in [2.24, 2.45) is 0 Å². The Bertz CT molecular complexity index is 464. The Labute approximate surface area is 125 Å². The first-order valence-electron chi connectivity index (χ1n) is 7.75. The number of nitrogens with one attached hydrogen (secondary N) is 2. The summed E-state index contributed by atoms with van der Waals surface area (Å²) in [5, 5.41) is 19.1. The fourth-order valence-electron chi connectivity index (χ4n) is 2.83. The van der Waals surface area contributed by atoms with Gasteiger partial charge in [-0.1, -0.05) is 19.3 Å². The summed E-state index contributed by atoms with van der Waals surface area (Å²) < 4.78 is 1.93. The van der Waals surface area contributed by atoms with E-state index >= 15 is 0 Å². The number of aliphatic hydroxyl groups excluding tert-OH is 1. The Morgan fingerprint density at radius 1 is 1.43 bits per heavy atom. The summed E-state index contributed by atoms with van der Waals surface area (Å²) in [7, 11) is 0. The summed E-state index contributed by atoms with van der Waals surface area (Å²) in [6, 6.07) is 1.95. The van der Waals surface area contributed by atoms with E-state index in [0.717, 1.165) is 18.7 Å². The third kappa shape index (κ3) is 4.46. The molecule has 2 amide bonds. The van der Waals surface area contributed by atoms with Crippen LogP contribution in [0.2, 0.25) is 0 Å². The molecule has 0 unspecified atom stereocenters.